The Hall–Kier alpha value is -2.53. The number of hydrogen-bond donors (Lipinski definition) is 1. The summed E-state index contributed by atoms with van der Waals surface area (Å²) in [7, 11) is 0. The fourth-order valence-corrected chi connectivity index (χ4v) is 3.23. The van der Waals surface area contributed by atoms with E-state index in [0.717, 1.165) is 17.5 Å². The second kappa shape index (κ2) is 11.5. The van der Waals surface area contributed by atoms with E-state index >= 15 is 0 Å². The summed E-state index contributed by atoms with van der Waals surface area (Å²) in [6.07, 6.45) is 1.35. The van der Waals surface area contributed by atoms with Crippen molar-refractivity contribution in [1.82, 2.24) is 10.2 Å². The molecule has 0 bridgehead atoms. The number of nitrogens with one attached hydrogen (secondary N) is 1. The van der Waals surface area contributed by atoms with Crippen LogP contribution in [0.25, 0.3) is 0 Å². The van der Waals surface area contributed by atoms with E-state index in [2.05, 4.69) is 5.32 Å². The van der Waals surface area contributed by atoms with Crippen LogP contribution in [0.4, 0.5) is 0 Å². The lowest BCUT2D eigenvalue weighted by atomic mass is 10.1. The van der Waals surface area contributed by atoms with Crippen molar-refractivity contribution < 1.29 is 14.3 Å². The monoisotopic (exact) mass is 416 g/mol. The largest absolute Gasteiger partial charge is 0.482 e. The van der Waals surface area contributed by atoms with E-state index in [0.29, 0.717) is 30.3 Å². The Bertz CT molecular complexity index is 825. The number of amides is 2. The third-order valence-electron chi connectivity index (χ3n) is 4.72. The molecule has 0 saturated heterocycles. The van der Waals surface area contributed by atoms with Gasteiger partial charge in [-0.1, -0.05) is 61.8 Å². The molecule has 2 amide bonds. The SMILES string of the molecule is CCCNC(=O)C(CC)N(Cc1ccccc1C)C(=O)COc1ccccc1Cl. The van der Waals surface area contributed by atoms with Gasteiger partial charge in [-0.25, -0.2) is 0 Å². The van der Waals surface area contributed by atoms with E-state index in [1.165, 1.54) is 0 Å². The van der Waals surface area contributed by atoms with Crippen LogP contribution in [0, 0.1) is 6.92 Å². The van der Waals surface area contributed by atoms with Crippen molar-refractivity contribution in [3.63, 3.8) is 0 Å². The lowest BCUT2D eigenvalue weighted by molar-refractivity contribution is -0.143. The van der Waals surface area contributed by atoms with Crippen molar-refractivity contribution in [3.05, 3.63) is 64.7 Å². The Morgan fingerprint density at radius 2 is 1.79 bits per heavy atom. The van der Waals surface area contributed by atoms with Gasteiger partial charge in [0.1, 0.15) is 11.8 Å². The van der Waals surface area contributed by atoms with Crippen molar-refractivity contribution in [2.75, 3.05) is 13.2 Å². The molecule has 0 aliphatic carbocycles. The molecule has 0 aliphatic rings. The maximum absolute atomic E-state index is 13.1. The first-order valence-electron chi connectivity index (χ1n) is 9.96. The molecule has 1 unspecified atom stereocenters. The average molecular weight is 417 g/mol. The van der Waals surface area contributed by atoms with E-state index < -0.39 is 6.04 Å². The topological polar surface area (TPSA) is 58.6 Å². The van der Waals surface area contributed by atoms with Crippen LogP contribution in [0.5, 0.6) is 5.75 Å². The fraction of sp³-hybridized carbons (Fsp3) is 0.391. The van der Waals surface area contributed by atoms with Crippen LogP contribution in [-0.2, 0) is 16.1 Å². The standard InChI is InChI=1S/C23H29ClN2O3/c1-4-14-25-23(28)20(5-2)26(15-18-11-7-6-10-17(18)3)22(27)16-29-21-13-9-8-12-19(21)24/h6-13,20H,4-5,14-16H2,1-3H3,(H,25,28). The normalized spacial score (nSPS) is 11.6. The first-order valence-corrected chi connectivity index (χ1v) is 10.3. The summed E-state index contributed by atoms with van der Waals surface area (Å²) >= 11 is 6.12. The van der Waals surface area contributed by atoms with Gasteiger partial charge >= 0.3 is 0 Å². The van der Waals surface area contributed by atoms with Crippen LogP contribution in [0.2, 0.25) is 5.02 Å². The molecule has 2 aromatic rings. The third kappa shape index (κ3) is 6.50. The van der Waals surface area contributed by atoms with E-state index in [9.17, 15) is 9.59 Å². The molecule has 0 spiro atoms. The molecule has 2 rings (SSSR count). The number of rotatable bonds is 10. The molecule has 29 heavy (non-hydrogen) atoms. The summed E-state index contributed by atoms with van der Waals surface area (Å²) in [4.78, 5) is 27.4. The molecule has 156 valence electrons. The first-order chi connectivity index (χ1) is 14.0. The molecule has 0 fully saturated rings. The Morgan fingerprint density at radius 3 is 2.45 bits per heavy atom. The van der Waals surface area contributed by atoms with Crippen LogP contribution in [0.15, 0.2) is 48.5 Å². The van der Waals surface area contributed by atoms with Gasteiger partial charge in [0.15, 0.2) is 6.61 Å². The fourth-order valence-electron chi connectivity index (χ4n) is 3.04. The van der Waals surface area contributed by atoms with Gasteiger partial charge in [0.2, 0.25) is 5.91 Å². The Labute approximate surface area is 178 Å². The average Bonchev–Trinajstić information content (AvgIpc) is 2.72. The van der Waals surface area contributed by atoms with Gasteiger partial charge in [0.25, 0.3) is 5.91 Å². The lowest BCUT2D eigenvalue weighted by Crippen LogP contribution is -2.50. The zero-order valence-corrected chi connectivity index (χ0v) is 18.0. The molecular formula is C23H29ClN2O3. The van der Waals surface area contributed by atoms with Crippen molar-refractivity contribution in [1.29, 1.82) is 0 Å². The second-order valence-electron chi connectivity index (χ2n) is 6.88. The maximum atomic E-state index is 13.1. The summed E-state index contributed by atoms with van der Waals surface area (Å²) in [6.45, 7) is 6.63. The second-order valence-corrected chi connectivity index (χ2v) is 7.29. The van der Waals surface area contributed by atoms with Gasteiger partial charge in [-0.15, -0.1) is 0 Å². The van der Waals surface area contributed by atoms with Gasteiger partial charge in [-0.2, -0.15) is 0 Å². The van der Waals surface area contributed by atoms with Crippen molar-refractivity contribution >= 4 is 23.4 Å². The number of para-hydroxylation sites is 1. The van der Waals surface area contributed by atoms with Crippen LogP contribution in [-0.4, -0.2) is 35.9 Å². The minimum absolute atomic E-state index is 0.144. The Balaban J connectivity index is 2.22. The van der Waals surface area contributed by atoms with Gasteiger partial charge in [-0.05, 0) is 43.0 Å². The predicted octanol–water partition coefficient (Wildman–Crippen LogP) is 4.36. The zero-order valence-electron chi connectivity index (χ0n) is 17.3. The van der Waals surface area contributed by atoms with Gasteiger partial charge in [0, 0.05) is 13.1 Å². The summed E-state index contributed by atoms with van der Waals surface area (Å²) < 4.78 is 5.65. The molecule has 1 atom stereocenters. The Morgan fingerprint density at radius 1 is 1.10 bits per heavy atom. The van der Waals surface area contributed by atoms with Crippen LogP contribution < -0.4 is 10.1 Å². The molecule has 0 aliphatic heterocycles. The number of carbonyl (C=O) groups is 2. The third-order valence-corrected chi connectivity index (χ3v) is 5.04. The molecule has 0 radical (unpaired) electrons. The van der Waals surface area contributed by atoms with E-state index in [1.807, 2.05) is 45.0 Å². The molecule has 0 heterocycles. The van der Waals surface area contributed by atoms with E-state index in [1.54, 1.807) is 29.2 Å². The van der Waals surface area contributed by atoms with Crippen molar-refractivity contribution in [2.45, 2.75) is 46.2 Å². The number of ether oxygens (including phenoxy) is 1. The maximum Gasteiger partial charge on any atom is 0.261 e. The Kier molecular flexibility index (Phi) is 9.00. The van der Waals surface area contributed by atoms with Crippen molar-refractivity contribution in [2.24, 2.45) is 0 Å². The van der Waals surface area contributed by atoms with Crippen LogP contribution >= 0.6 is 11.6 Å². The van der Waals surface area contributed by atoms with E-state index in [4.69, 9.17) is 16.3 Å². The minimum Gasteiger partial charge on any atom is -0.482 e. The highest BCUT2D eigenvalue weighted by Crippen LogP contribution is 2.23. The highest BCUT2D eigenvalue weighted by molar-refractivity contribution is 6.32. The molecule has 0 aromatic heterocycles. The number of hydrogen-bond acceptors (Lipinski definition) is 3. The van der Waals surface area contributed by atoms with Crippen molar-refractivity contribution in [3.8, 4) is 5.75 Å². The van der Waals surface area contributed by atoms with E-state index in [-0.39, 0.29) is 18.4 Å². The number of halogens is 1. The predicted molar refractivity (Wildman–Crippen MR) is 116 cm³/mol. The smallest absolute Gasteiger partial charge is 0.261 e. The van der Waals surface area contributed by atoms with Gasteiger partial charge in [-0.3, -0.25) is 9.59 Å². The molecule has 1 N–H and O–H groups in total. The quantitative estimate of drug-likeness (QED) is 0.626. The van der Waals surface area contributed by atoms with Crippen LogP contribution in [0.3, 0.4) is 0 Å². The molecule has 2 aromatic carbocycles. The highest BCUT2D eigenvalue weighted by Gasteiger charge is 2.29. The summed E-state index contributed by atoms with van der Waals surface area (Å²) in [5.41, 5.74) is 2.07. The van der Waals surface area contributed by atoms with Gasteiger partial charge < -0.3 is 15.0 Å². The summed E-state index contributed by atoms with van der Waals surface area (Å²) in [5, 5.41) is 3.35. The van der Waals surface area contributed by atoms with Gasteiger partial charge in [0.05, 0.1) is 5.02 Å². The summed E-state index contributed by atoms with van der Waals surface area (Å²) in [5.74, 6) is 0.0440. The molecule has 6 heteroatoms. The lowest BCUT2D eigenvalue weighted by Gasteiger charge is -2.31. The number of carbonyl (C=O) groups excluding carboxylic acids is 2. The number of benzene rings is 2. The summed E-state index contributed by atoms with van der Waals surface area (Å²) in [6, 6.07) is 14.3. The van der Waals surface area contributed by atoms with Crippen LogP contribution in [0.1, 0.15) is 37.8 Å². The molecular weight excluding hydrogens is 388 g/mol. The highest BCUT2D eigenvalue weighted by atomic mass is 35.5. The minimum atomic E-state index is -0.566. The number of nitrogens with zero attached hydrogens (tertiary/aromatic N) is 1. The zero-order chi connectivity index (χ0) is 21.2. The molecule has 5 nitrogen and oxygen atoms in total. The first kappa shape index (κ1) is 22.8. The molecule has 0 saturated carbocycles. The number of aryl methyl sites for hydroxylation is 1.